The normalized spacial score (nSPS) is 24.3. The van der Waals surface area contributed by atoms with E-state index in [0.29, 0.717) is 30.9 Å². The molecule has 1 aromatic rings. The number of Topliss-reactive ketones (excluding diaryl/α,β-unsaturated/α-hetero) is 2. The molecule has 6 nitrogen and oxygen atoms in total. The summed E-state index contributed by atoms with van der Waals surface area (Å²) in [5, 5.41) is 7.97. The van der Waals surface area contributed by atoms with Crippen LogP contribution in [0.25, 0.3) is 0 Å². The molecule has 0 aromatic carbocycles. The number of aromatic nitrogens is 1. The third-order valence-electron chi connectivity index (χ3n) is 4.38. The van der Waals surface area contributed by atoms with E-state index in [0.717, 1.165) is 12.1 Å². The van der Waals surface area contributed by atoms with E-state index in [-0.39, 0.29) is 11.6 Å². The van der Waals surface area contributed by atoms with Crippen LogP contribution in [0, 0.1) is 18.3 Å². The molecule has 0 amide bonds. The molecule has 1 fully saturated rings. The average Bonchev–Trinajstić information content (AvgIpc) is 2.89. The molecule has 2 atom stereocenters. The van der Waals surface area contributed by atoms with Gasteiger partial charge in [0, 0.05) is 12.5 Å². The van der Waals surface area contributed by atoms with Gasteiger partial charge in [-0.25, -0.2) is 0 Å². The van der Waals surface area contributed by atoms with Crippen molar-refractivity contribution in [1.82, 2.24) is 5.16 Å². The lowest BCUT2D eigenvalue weighted by Gasteiger charge is -2.38. The lowest BCUT2D eigenvalue weighted by molar-refractivity contribution is -0.139. The van der Waals surface area contributed by atoms with Gasteiger partial charge in [-0.1, -0.05) is 37.5 Å². The smallest absolute Gasteiger partial charge is 0.160 e. The molecule has 1 saturated carbocycles. The van der Waals surface area contributed by atoms with Crippen LogP contribution in [0.1, 0.15) is 64.3 Å². The topological polar surface area (TPSA) is 81.8 Å². The van der Waals surface area contributed by atoms with Gasteiger partial charge in [0.15, 0.2) is 5.78 Å². The number of carbonyl (C=O) groups excluding carboxylic acids is 2. The Morgan fingerprint density at radius 3 is 2.67 bits per heavy atom. The fourth-order valence-electron chi connectivity index (χ4n) is 3.40. The first-order chi connectivity index (χ1) is 11.3. The number of hydrogen-bond donors (Lipinski definition) is 0. The van der Waals surface area contributed by atoms with Crippen molar-refractivity contribution in [2.45, 2.75) is 59.8 Å². The maximum Gasteiger partial charge on any atom is 0.160 e. The Morgan fingerprint density at radius 2 is 2.12 bits per heavy atom. The van der Waals surface area contributed by atoms with Gasteiger partial charge in [0.1, 0.15) is 24.1 Å². The van der Waals surface area contributed by atoms with Crippen molar-refractivity contribution >= 4 is 17.3 Å². The summed E-state index contributed by atoms with van der Waals surface area (Å²) in [6.45, 7) is 9.86. The van der Waals surface area contributed by atoms with E-state index in [1.165, 1.54) is 0 Å². The summed E-state index contributed by atoms with van der Waals surface area (Å²) in [5.41, 5.74) is 0.726. The van der Waals surface area contributed by atoms with Gasteiger partial charge >= 0.3 is 0 Å². The van der Waals surface area contributed by atoms with Crippen LogP contribution in [0.5, 0.6) is 0 Å². The minimum atomic E-state index is -0.847. The van der Waals surface area contributed by atoms with Crippen molar-refractivity contribution in [1.29, 1.82) is 0 Å². The standard InChI is InChI=1S/C18H26N2O4/c1-6-8-12(20-23-7-2)15-13(21)10-18(4,5)16(17(15)22)14-9-11(3)19-24-14/h9,15-16H,6-8,10H2,1-5H3/b20-12+. The minimum absolute atomic E-state index is 0.0932. The number of hydrogen-bond acceptors (Lipinski definition) is 6. The summed E-state index contributed by atoms with van der Waals surface area (Å²) >= 11 is 0. The van der Waals surface area contributed by atoms with E-state index in [1.807, 2.05) is 34.6 Å². The predicted octanol–water partition coefficient (Wildman–Crippen LogP) is 3.44. The average molecular weight is 334 g/mol. The molecular formula is C18H26N2O4. The Labute approximate surface area is 142 Å². The van der Waals surface area contributed by atoms with Crippen LogP contribution in [-0.2, 0) is 14.4 Å². The van der Waals surface area contributed by atoms with Crippen LogP contribution in [0.3, 0.4) is 0 Å². The van der Waals surface area contributed by atoms with Gasteiger partial charge in [-0.05, 0) is 25.7 Å². The van der Waals surface area contributed by atoms with E-state index in [1.54, 1.807) is 6.07 Å². The highest BCUT2D eigenvalue weighted by molar-refractivity contribution is 6.24. The number of rotatable bonds is 6. The number of ketones is 2. The largest absolute Gasteiger partial charge is 0.396 e. The zero-order valence-electron chi connectivity index (χ0n) is 15.1. The highest BCUT2D eigenvalue weighted by Crippen LogP contribution is 2.46. The molecule has 0 spiro atoms. The van der Waals surface area contributed by atoms with Crippen molar-refractivity contribution in [3.05, 3.63) is 17.5 Å². The van der Waals surface area contributed by atoms with E-state index < -0.39 is 17.3 Å². The van der Waals surface area contributed by atoms with Crippen molar-refractivity contribution in [3.63, 3.8) is 0 Å². The monoisotopic (exact) mass is 334 g/mol. The maximum absolute atomic E-state index is 13.2. The van der Waals surface area contributed by atoms with Gasteiger partial charge in [0.25, 0.3) is 0 Å². The van der Waals surface area contributed by atoms with Crippen LogP contribution >= 0.6 is 0 Å². The summed E-state index contributed by atoms with van der Waals surface area (Å²) in [6, 6.07) is 1.77. The van der Waals surface area contributed by atoms with E-state index in [9.17, 15) is 9.59 Å². The molecule has 2 rings (SSSR count). The fraction of sp³-hybridized carbons (Fsp3) is 0.667. The number of aryl methyl sites for hydroxylation is 1. The van der Waals surface area contributed by atoms with Crippen molar-refractivity contribution < 1.29 is 18.9 Å². The quantitative estimate of drug-likeness (QED) is 0.452. The molecule has 0 N–H and O–H groups in total. The molecule has 2 unspecified atom stereocenters. The molecule has 24 heavy (non-hydrogen) atoms. The second-order valence-electron chi connectivity index (χ2n) is 7.02. The van der Waals surface area contributed by atoms with Gasteiger partial charge < -0.3 is 9.36 Å². The molecule has 132 valence electrons. The van der Waals surface area contributed by atoms with E-state index in [4.69, 9.17) is 9.36 Å². The second kappa shape index (κ2) is 7.28. The van der Waals surface area contributed by atoms with Crippen LogP contribution in [0.2, 0.25) is 0 Å². The van der Waals surface area contributed by atoms with Crippen molar-refractivity contribution in [2.24, 2.45) is 16.5 Å². The molecule has 6 heteroatoms. The third kappa shape index (κ3) is 3.57. The van der Waals surface area contributed by atoms with Crippen molar-refractivity contribution in [3.8, 4) is 0 Å². The van der Waals surface area contributed by atoms with Crippen LogP contribution in [0.4, 0.5) is 0 Å². The third-order valence-corrected chi connectivity index (χ3v) is 4.38. The van der Waals surface area contributed by atoms with Crippen LogP contribution in [0.15, 0.2) is 15.7 Å². The van der Waals surface area contributed by atoms with Gasteiger partial charge in [0.2, 0.25) is 0 Å². The van der Waals surface area contributed by atoms with Gasteiger partial charge in [0.05, 0.1) is 17.3 Å². The lowest BCUT2D eigenvalue weighted by Crippen LogP contribution is -2.47. The SMILES string of the molecule is CCC/C(=N\OCC)C1C(=O)CC(C)(C)C(c2cc(C)no2)C1=O. The van der Waals surface area contributed by atoms with E-state index >= 15 is 0 Å². The highest BCUT2D eigenvalue weighted by atomic mass is 16.6. The molecule has 0 radical (unpaired) electrons. The number of nitrogens with zero attached hydrogens (tertiary/aromatic N) is 2. The molecule has 0 bridgehead atoms. The van der Waals surface area contributed by atoms with Crippen LogP contribution in [-0.4, -0.2) is 29.0 Å². The van der Waals surface area contributed by atoms with E-state index in [2.05, 4.69) is 10.3 Å². The number of oxime groups is 1. The molecular weight excluding hydrogens is 308 g/mol. The molecule has 1 heterocycles. The lowest BCUT2D eigenvalue weighted by atomic mass is 9.62. The summed E-state index contributed by atoms with van der Waals surface area (Å²) in [7, 11) is 0. The Bertz CT molecular complexity index is 645. The first-order valence-electron chi connectivity index (χ1n) is 8.50. The Balaban J connectivity index is 2.42. The first kappa shape index (κ1) is 18.4. The summed E-state index contributed by atoms with van der Waals surface area (Å²) in [5.74, 6) is -1.10. The Hall–Kier alpha value is -1.98. The summed E-state index contributed by atoms with van der Waals surface area (Å²) in [6.07, 6.45) is 1.64. The minimum Gasteiger partial charge on any atom is -0.396 e. The van der Waals surface area contributed by atoms with Crippen molar-refractivity contribution in [2.75, 3.05) is 6.61 Å². The molecule has 0 aliphatic heterocycles. The molecule has 1 aliphatic rings. The predicted molar refractivity (Wildman–Crippen MR) is 89.9 cm³/mol. The molecule has 1 aromatic heterocycles. The van der Waals surface area contributed by atoms with Crippen LogP contribution < -0.4 is 0 Å². The molecule has 1 aliphatic carbocycles. The Kier molecular flexibility index (Phi) is 5.57. The first-order valence-corrected chi connectivity index (χ1v) is 8.50. The van der Waals surface area contributed by atoms with Gasteiger partial charge in [-0.15, -0.1) is 0 Å². The second-order valence-corrected chi connectivity index (χ2v) is 7.02. The summed E-state index contributed by atoms with van der Waals surface area (Å²) < 4.78 is 5.36. The fourth-order valence-corrected chi connectivity index (χ4v) is 3.40. The highest BCUT2D eigenvalue weighted by Gasteiger charge is 2.51. The zero-order valence-corrected chi connectivity index (χ0v) is 15.1. The number of carbonyl (C=O) groups is 2. The maximum atomic E-state index is 13.2. The zero-order chi connectivity index (χ0) is 17.9. The van der Waals surface area contributed by atoms with Gasteiger partial charge in [-0.2, -0.15) is 0 Å². The molecule has 0 saturated heterocycles. The summed E-state index contributed by atoms with van der Waals surface area (Å²) in [4.78, 5) is 31.0. The van der Waals surface area contributed by atoms with Gasteiger partial charge in [-0.3, -0.25) is 9.59 Å². The Morgan fingerprint density at radius 1 is 1.42 bits per heavy atom.